The SMILES string of the molecule is CCc1ccc(NC(=O)Nc2ccc([C@H]3NC(=S)N(CC)C(C)=C3C(=O)OC(C)C)cc2)cc1. The number of nitrogens with zero attached hydrogens (tertiary/aromatic N) is 1. The van der Waals surface area contributed by atoms with Crippen LogP contribution in [0.2, 0.25) is 0 Å². The van der Waals surface area contributed by atoms with Crippen molar-refractivity contribution in [2.75, 3.05) is 17.2 Å². The van der Waals surface area contributed by atoms with Gasteiger partial charge in [0, 0.05) is 23.6 Å². The highest BCUT2D eigenvalue weighted by Gasteiger charge is 2.34. The van der Waals surface area contributed by atoms with E-state index in [4.69, 9.17) is 17.0 Å². The summed E-state index contributed by atoms with van der Waals surface area (Å²) in [5.41, 5.74) is 4.71. The predicted molar refractivity (Wildman–Crippen MR) is 140 cm³/mol. The van der Waals surface area contributed by atoms with Gasteiger partial charge in [-0.2, -0.15) is 0 Å². The first-order valence-corrected chi connectivity index (χ1v) is 11.9. The van der Waals surface area contributed by atoms with E-state index in [1.165, 1.54) is 5.56 Å². The van der Waals surface area contributed by atoms with E-state index < -0.39 is 6.04 Å². The third kappa shape index (κ3) is 5.94. The first kappa shape index (κ1) is 25.2. The van der Waals surface area contributed by atoms with Gasteiger partial charge in [0.05, 0.1) is 17.7 Å². The van der Waals surface area contributed by atoms with E-state index in [1.807, 2.05) is 69.0 Å². The molecule has 3 rings (SSSR count). The third-order valence-electron chi connectivity index (χ3n) is 5.60. The van der Waals surface area contributed by atoms with E-state index in [9.17, 15) is 9.59 Å². The first-order valence-electron chi connectivity index (χ1n) is 11.5. The lowest BCUT2D eigenvalue weighted by molar-refractivity contribution is -0.143. The number of hydrogen-bond acceptors (Lipinski definition) is 4. The van der Waals surface area contributed by atoms with Crippen LogP contribution in [0.15, 0.2) is 59.8 Å². The molecule has 34 heavy (non-hydrogen) atoms. The largest absolute Gasteiger partial charge is 0.459 e. The Labute approximate surface area is 206 Å². The lowest BCUT2D eigenvalue weighted by Gasteiger charge is -2.37. The Hall–Kier alpha value is -3.39. The first-order chi connectivity index (χ1) is 16.2. The van der Waals surface area contributed by atoms with Gasteiger partial charge in [0.15, 0.2) is 5.11 Å². The summed E-state index contributed by atoms with van der Waals surface area (Å²) in [5, 5.41) is 9.49. The van der Waals surface area contributed by atoms with E-state index in [1.54, 1.807) is 12.1 Å². The van der Waals surface area contributed by atoms with Gasteiger partial charge < -0.3 is 25.6 Å². The molecule has 8 heteroatoms. The molecule has 0 saturated heterocycles. The molecule has 1 atom stereocenters. The topological polar surface area (TPSA) is 82.7 Å². The summed E-state index contributed by atoms with van der Waals surface area (Å²) >= 11 is 5.53. The molecule has 2 aromatic carbocycles. The molecule has 1 heterocycles. The van der Waals surface area contributed by atoms with Gasteiger partial charge in [-0.05, 0) is 81.7 Å². The Balaban J connectivity index is 1.77. The van der Waals surface area contributed by atoms with Crippen LogP contribution in [0.4, 0.5) is 16.2 Å². The highest BCUT2D eigenvalue weighted by atomic mass is 32.1. The lowest BCUT2D eigenvalue weighted by atomic mass is 9.94. The number of amides is 2. The number of carbonyl (C=O) groups excluding carboxylic acids is 2. The van der Waals surface area contributed by atoms with Crippen molar-refractivity contribution in [2.24, 2.45) is 0 Å². The molecule has 7 nitrogen and oxygen atoms in total. The Morgan fingerprint density at radius 3 is 2.09 bits per heavy atom. The quantitative estimate of drug-likeness (QED) is 0.365. The van der Waals surface area contributed by atoms with Crippen LogP contribution in [-0.2, 0) is 16.0 Å². The van der Waals surface area contributed by atoms with E-state index in [-0.39, 0.29) is 18.1 Å². The summed E-state index contributed by atoms with van der Waals surface area (Å²) in [5.74, 6) is -0.373. The minimum Gasteiger partial charge on any atom is -0.459 e. The molecule has 0 saturated carbocycles. The van der Waals surface area contributed by atoms with Crippen LogP contribution in [0.3, 0.4) is 0 Å². The van der Waals surface area contributed by atoms with Gasteiger partial charge >= 0.3 is 12.0 Å². The highest BCUT2D eigenvalue weighted by Crippen LogP contribution is 2.32. The molecule has 1 aliphatic heterocycles. The number of hydrogen-bond donors (Lipinski definition) is 3. The number of thiocarbonyl (C=S) groups is 1. The van der Waals surface area contributed by atoms with E-state index in [0.29, 0.717) is 22.9 Å². The Bertz CT molecular complexity index is 1080. The van der Waals surface area contributed by atoms with Crippen molar-refractivity contribution in [3.63, 3.8) is 0 Å². The fourth-order valence-corrected chi connectivity index (χ4v) is 4.21. The summed E-state index contributed by atoms with van der Waals surface area (Å²) in [4.78, 5) is 27.2. The number of rotatable bonds is 7. The van der Waals surface area contributed by atoms with Gasteiger partial charge in [0.2, 0.25) is 0 Å². The molecule has 180 valence electrons. The normalized spacial score (nSPS) is 15.8. The standard InChI is InChI=1S/C26H32N4O3S/c1-6-18-8-12-20(13-9-18)27-25(32)28-21-14-10-19(11-15-21)23-22(24(31)33-16(3)4)17(5)30(7-2)26(34)29-23/h8-16,23H,6-7H2,1-5H3,(H,29,34)(H2,27,28,32)/t23-/m1/s1. The van der Waals surface area contributed by atoms with Crippen LogP contribution < -0.4 is 16.0 Å². The van der Waals surface area contributed by atoms with Crippen molar-refractivity contribution in [1.82, 2.24) is 10.2 Å². The number of carbonyl (C=O) groups is 2. The summed E-state index contributed by atoms with van der Waals surface area (Å²) in [6.07, 6.45) is 0.710. The van der Waals surface area contributed by atoms with Crippen LogP contribution in [0.5, 0.6) is 0 Å². The average Bonchev–Trinajstić information content (AvgIpc) is 2.79. The molecule has 2 amide bonds. The van der Waals surface area contributed by atoms with Crippen molar-refractivity contribution in [3.05, 3.63) is 70.9 Å². The molecule has 0 bridgehead atoms. The lowest BCUT2D eigenvalue weighted by Crippen LogP contribution is -2.47. The molecule has 3 N–H and O–H groups in total. The van der Waals surface area contributed by atoms with Crippen LogP contribution >= 0.6 is 12.2 Å². The van der Waals surface area contributed by atoms with Crippen molar-refractivity contribution >= 4 is 40.7 Å². The Morgan fingerprint density at radius 1 is 1.03 bits per heavy atom. The van der Waals surface area contributed by atoms with Gasteiger partial charge in [-0.3, -0.25) is 0 Å². The zero-order valence-corrected chi connectivity index (χ0v) is 21.1. The summed E-state index contributed by atoms with van der Waals surface area (Å²) in [6.45, 7) is 10.2. The predicted octanol–water partition coefficient (Wildman–Crippen LogP) is 5.37. The maximum atomic E-state index is 12.9. The van der Waals surface area contributed by atoms with Gasteiger partial charge in [0.1, 0.15) is 0 Å². The summed E-state index contributed by atoms with van der Waals surface area (Å²) < 4.78 is 5.52. The number of esters is 1. The molecule has 0 radical (unpaired) electrons. The highest BCUT2D eigenvalue weighted by molar-refractivity contribution is 7.80. The Morgan fingerprint density at radius 2 is 1.59 bits per heavy atom. The number of urea groups is 1. The molecule has 2 aromatic rings. The number of benzene rings is 2. The van der Waals surface area contributed by atoms with Crippen molar-refractivity contribution < 1.29 is 14.3 Å². The third-order valence-corrected chi connectivity index (χ3v) is 5.94. The second-order valence-electron chi connectivity index (χ2n) is 8.33. The van der Waals surface area contributed by atoms with Gasteiger partial charge in [0.25, 0.3) is 0 Å². The molecule has 0 spiro atoms. The van der Waals surface area contributed by atoms with Crippen LogP contribution in [0.1, 0.15) is 51.8 Å². The minimum absolute atomic E-state index is 0.235. The Kier molecular flexibility index (Phi) is 8.28. The smallest absolute Gasteiger partial charge is 0.338 e. The minimum atomic E-state index is -0.443. The van der Waals surface area contributed by atoms with Crippen LogP contribution in [-0.4, -0.2) is 34.7 Å². The van der Waals surface area contributed by atoms with Gasteiger partial charge in [-0.25, -0.2) is 9.59 Å². The monoisotopic (exact) mass is 480 g/mol. The maximum Gasteiger partial charge on any atom is 0.338 e. The molecule has 0 fully saturated rings. The van der Waals surface area contributed by atoms with E-state index in [0.717, 1.165) is 23.4 Å². The van der Waals surface area contributed by atoms with E-state index in [2.05, 4.69) is 22.9 Å². The summed E-state index contributed by atoms with van der Waals surface area (Å²) in [7, 11) is 0. The van der Waals surface area contributed by atoms with Crippen molar-refractivity contribution in [3.8, 4) is 0 Å². The van der Waals surface area contributed by atoms with Gasteiger partial charge in [-0.1, -0.05) is 31.2 Å². The molecule has 0 aromatic heterocycles. The molecule has 0 unspecified atom stereocenters. The second-order valence-corrected chi connectivity index (χ2v) is 8.72. The molecular weight excluding hydrogens is 448 g/mol. The number of aryl methyl sites for hydroxylation is 1. The fourth-order valence-electron chi connectivity index (χ4n) is 3.83. The maximum absolute atomic E-state index is 12.9. The zero-order chi connectivity index (χ0) is 24.8. The number of allylic oxidation sites excluding steroid dienone is 1. The van der Waals surface area contributed by atoms with Crippen LogP contribution in [0, 0.1) is 0 Å². The number of nitrogens with one attached hydrogen (secondary N) is 3. The molecule has 1 aliphatic rings. The summed E-state index contributed by atoms with van der Waals surface area (Å²) in [6, 6.07) is 14.3. The molecule has 0 aliphatic carbocycles. The fraction of sp³-hybridized carbons (Fsp3) is 0.346. The number of anilines is 2. The van der Waals surface area contributed by atoms with Crippen LogP contribution in [0.25, 0.3) is 0 Å². The van der Waals surface area contributed by atoms with Crippen molar-refractivity contribution in [2.45, 2.75) is 53.2 Å². The average molecular weight is 481 g/mol. The zero-order valence-electron chi connectivity index (χ0n) is 20.3. The molecular formula is C26H32N4O3S. The second kappa shape index (κ2) is 11.2. The van der Waals surface area contributed by atoms with E-state index >= 15 is 0 Å². The number of ether oxygens (including phenoxy) is 1. The van der Waals surface area contributed by atoms with Gasteiger partial charge in [-0.15, -0.1) is 0 Å². The van der Waals surface area contributed by atoms with Crippen molar-refractivity contribution in [1.29, 1.82) is 0 Å².